The zero-order valence-corrected chi connectivity index (χ0v) is 14.3. The maximum atomic E-state index is 12.3. The molecule has 24 heavy (non-hydrogen) atoms. The predicted molar refractivity (Wildman–Crippen MR) is 85.6 cm³/mol. The minimum Gasteiger partial charge on any atom is -0.480 e. The molecule has 0 spiro atoms. The Hall–Kier alpha value is -2.26. The van der Waals surface area contributed by atoms with Gasteiger partial charge in [0.1, 0.15) is 12.6 Å². The van der Waals surface area contributed by atoms with Crippen LogP contribution >= 0.6 is 15.9 Å². The highest BCUT2D eigenvalue weighted by atomic mass is 79.9. The van der Waals surface area contributed by atoms with Crippen molar-refractivity contribution in [3.05, 3.63) is 33.8 Å². The van der Waals surface area contributed by atoms with Crippen molar-refractivity contribution in [1.82, 2.24) is 10.2 Å². The number of benzene rings is 1. The van der Waals surface area contributed by atoms with Gasteiger partial charge in [0.15, 0.2) is 0 Å². The monoisotopic (exact) mass is 398 g/mol. The predicted octanol–water partition coefficient (Wildman–Crippen LogP) is 0.651. The van der Waals surface area contributed by atoms with Crippen molar-refractivity contribution in [2.75, 3.05) is 20.3 Å². The highest BCUT2D eigenvalue weighted by Crippen LogP contribution is 2.25. The number of carboxylic acid groups (broad SMARTS) is 1. The molecule has 1 aliphatic rings. The summed E-state index contributed by atoms with van der Waals surface area (Å²) in [6.45, 7) is -0.390. The molecule has 0 fully saturated rings. The van der Waals surface area contributed by atoms with Crippen molar-refractivity contribution in [2.24, 2.45) is 0 Å². The zero-order chi connectivity index (χ0) is 17.9. The normalized spacial score (nSPS) is 14.5. The number of amides is 3. The van der Waals surface area contributed by atoms with E-state index in [9.17, 15) is 19.2 Å². The minimum atomic E-state index is -1.22. The number of imide groups is 1. The van der Waals surface area contributed by atoms with Crippen LogP contribution in [0.1, 0.15) is 27.1 Å². The number of methoxy groups -OCH3 is 1. The first kappa shape index (κ1) is 18.1. The van der Waals surface area contributed by atoms with E-state index >= 15 is 0 Å². The number of hydrogen-bond acceptors (Lipinski definition) is 5. The third-order valence-corrected chi connectivity index (χ3v) is 3.97. The lowest BCUT2D eigenvalue weighted by Gasteiger charge is -2.17. The molecule has 1 heterocycles. The summed E-state index contributed by atoms with van der Waals surface area (Å²) < 4.78 is 5.43. The Balaban J connectivity index is 2.06. The van der Waals surface area contributed by atoms with E-state index in [0.29, 0.717) is 4.47 Å². The number of carbonyl (C=O) groups is 4. The molecule has 1 aliphatic heterocycles. The number of rotatable bonds is 7. The SMILES string of the molecule is COCCC(NC(=O)CN1C(=O)c2ccc(Br)cc2C1=O)C(=O)O. The van der Waals surface area contributed by atoms with Crippen molar-refractivity contribution in [2.45, 2.75) is 12.5 Å². The van der Waals surface area contributed by atoms with Gasteiger partial charge >= 0.3 is 5.97 Å². The summed E-state index contributed by atoms with van der Waals surface area (Å²) in [5, 5.41) is 11.3. The van der Waals surface area contributed by atoms with Crippen LogP contribution in [0, 0.1) is 0 Å². The van der Waals surface area contributed by atoms with Crippen molar-refractivity contribution in [1.29, 1.82) is 0 Å². The Labute approximate surface area is 145 Å². The molecule has 0 bridgehead atoms. The fraction of sp³-hybridized carbons (Fsp3) is 0.333. The first-order chi connectivity index (χ1) is 11.3. The second kappa shape index (κ2) is 7.54. The minimum absolute atomic E-state index is 0.0760. The van der Waals surface area contributed by atoms with Crippen LogP contribution in [-0.4, -0.2) is 60.0 Å². The number of nitrogens with one attached hydrogen (secondary N) is 1. The van der Waals surface area contributed by atoms with Crippen LogP contribution in [-0.2, 0) is 14.3 Å². The number of halogens is 1. The second-order valence-corrected chi connectivity index (χ2v) is 6.04. The third-order valence-electron chi connectivity index (χ3n) is 3.48. The molecular formula is C15H15BrN2O6. The fourth-order valence-corrected chi connectivity index (χ4v) is 2.64. The van der Waals surface area contributed by atoms with Gasteiger partial charge in [-0.05, 0) is 18.2 Å². The van der Waals surface area contributed by atoms with Gasteiger partial charge < -0.3 is 15.2 Å². The molecule has 1 aromatic rings. The van der Waals surface area contributed by atoms with Crippen LogP contribution < -0.4 is 5.32 Å². The van der Waals surface area contributed by atoms with Gasteiger partial charge in [-0.15, -0.1) is 0 Å². The van der Waals surface area contributed by atoms with E-state index in [4.69, 9.17) is 9.84 Å². The Bertz CT molecular complexity index is 705. The van der Waals surface area contributed by atoms with E-state index in [0.717, 1.165) is 4.90 Å². The number of fused-ring (bicyclic) bond motifs is 1. The van der Waals surface area contributed by atoms with E-state index < -0.39 is 36.3 Å². The largest absolute Gasteiger partial charge is 0.480 e. The molecule has 3 amide bonds. The van der Waals surface area contributed by atoms with Gasteiger partial charge in [0, 0.05) is 24.6 Å². The van der Waals surface area contributed by atoms with E-state index in [-0.39, 0.29) is 24.2 Å². The maximum Gasteiger partial charge on any atom is 0.326 e. The standard InChI is InChI=1S/C15H15BrN2O6/c1-24-5-4-11(15(22)23)17-12(19)7-18-13(20)9-3-2-8(16)6-10(9)14(18)21/h2-3,6,11H,4-5,7H2,1H3,(H,17,19)(H,22,23). The summed E-state index contributed by atoms with van der Waals surface area (Å²) in [6.07, 6.45) is 0.0760. The molecule has 0 aromatic heterocycles. The lowest BCUT2D eigenvalue weighted by Crippen LogP contribution is -2.47. The number of nitrogens with zero attached hydrogens (tertiary/aromatic N) is 1. The van der Waals surface area contributed by atoms with Crippen molar-refractivity contribution < 1.29 is 29.0 Å². The Morgan fingerprint density at radius 3 is 2.58 bits per heavy atom. The quantitative estimate of drug-likeness (QED) is 0.652. The van der Waals surface area contributed by atoms with E-state index in [1.54, 1.807) is 6.07 Å². The molecule has 0 aliphatic carbocycles. The number of hydrogen-bond donors (Lipinski definition) is 2. The summed E-state index contributed by atoms with van der Waals surface area (Å²) in [7, 11) is 1.41. The molecular weight excluding hydrogens is 384 g/mol. The lowest BCUT2D eigenvalue weighted by atomic mass is 10.1. The average Bonchev–Trinajstić information content (AvgIpc) is 2.75. The second-order valence-electron chi connectivity index (χ2n) is 5.13. The zero-order valence-electron chi connectivity index (χ0n) is 12.7. The number of carbonyl (C=O) groups excluding carboxylic acids is 3. The van der Waals surface area contributed by atoms with Crippen LogP contribution in [0.15, 0.2) is 22.7 Å². The molecule has 1 unspecified atom stereocenters. The Morgan fingerprint density at radius 2 is 1.96 bits per heavy atom. The van der Waals surface area contributed by atoms with Crippen LogP contribution in [0.4, 0.5) is 0 Å². The third kappa shape index (κ3) is 3.80. The van der Waals surface area contributed by atoms with Gasteiger partial charge in [0.25, 0.3) is 11.8 Å². The van der Waals surface area contributed by atoms with E-state index in [2.05, 4.69) is 21.2 Å². The van der Waals surface area contributed by atoms with Crippen molar-refractivity contribution in [3.8, 4) is 0 Å². The van der Waals surface area contributed by atoms with Gasteiger partial charge in [-0.25, -0.2) is 4.79 Å². The smallest absolute Gasteiger partial charge is 0.326 e. The number of ether oxygens (including phenoxy) is 1. The van der Waals surface area contributed by atoms with E-state index in [1.165, 1.54) is 19.2 Å². The Kier molecular flexibility index (Phi) is 5.68. The van der Waals surface area contributed by atoms with Crippen molar-refractivity contribution in [3.63, 3.8) is 0 Å². The molecule has 0 saturated heterocycles. The molecule has 2 N–H and O–H groups in total. The molecule has 9 heteroatoms. The summed E-state index contributed by atoms with van der Waals surface area (Å²) >= 11 is 3.22. The van der Waals surface area contributed by atoms with Crippen LogP contribution in [0.2, 0.25) is 0 Å². The topological polar surface area (TPSA) is 113 Å². The number of aliphatic carboxylic acids is 1. The van der Waals surface area contributed by atoms with Gasteiger partial charge in [-0.2, -0.15) is 0 Å². The average molecular weight is 399 g/mol. The van der Waals surface area contributed by atoms with Crippen LogP contribution in [0.5, 0.6) is 0 Å². The summed E-state index contributed by atoms with van der Waals surface area (Å²) in [4.78, 5) is 48.4. The molecule has 8 nitrogen and oxygen atoms in total. The molecule has 128 valence electrons. The molecule has 2 rings (SSSR count). The lowest BCUT2D eigenvalue weighted by molar-refractivity contribution is -0.142. The highest BCUT2D eigenvalue weighted by molar-refractivity contribution is 9.10. The summed E-state index contributed by atoms with van der Waals surface area (Å²) in [5.74, 6) is -3.12. The highest BCUT2D eigenvalue weighted by Gasteiger charge is 2.37. The van der Waals surface area contributed by atoms with Crippen LogP contribution in [0.3, 0.4) is 0 Å². The molecule has 0 radical (unpaired) electrons. The van der Waals surface area contributed by atoms with Crippen molar-refractivity contribution >= 4 is 39.6 Å². The molecule has 1 atom stereocenters. The first-order valence-electron chi connectivity index (χ1n) is 7.02. The van der Waals surface area contributed by atoms with E-state index in [1.807, 2.05) is 0 Å². The summed E-state index contributed by atoms with van der Waals surface area (Å²) in [5.41, 5.74) is 0.418. The molecule has 1 aromatic carbocycles. The van der Waals surface area contributed by atoms with Crippen LogP contribution in [0.25, 0.3) is 0 Å². The number of carboxylic acids is 1. The van der Waals surface area contributed by atoms with Gasteiger partial charge in [-0.3, -0.25) is 19.3 Å². The summed E-state index contributed by atoms with van der Waals surface area (Å²) in [6, 6.07) is 3.47. The maximum absolute atomic E-state index is 12.3. The Morgan fingerprint density at radius 1 is 1.29 bits per heavy atom. The van der Waals surface area contributed by atoms with Gasteiger partial charge in [-0.1, -0.05) is 15.9 Å². The van der Waals surface area contributed by atoms with Gasteiger partial charge in [0.05, 0.1) is 11.1 Å². The first-order valence-corrected chi connectivity index (χ1v) is 7.81. The fourth-order valence-electron chi connectivity index (χ4n) is 2.28. The molecule has 0 saturated carbocycles. The van der Waals surface area contributed by atoms with Gasteiger partial charge in [0.2, 0.25) is 5.91 Å².